The van der Waals surface area contributed by atoms with Crippen LogP contribution in [-0.2, 0) is 4.79 Å². The van der Waals surface area contributed by atoms with Gasteiger partial charge < -0.3 is 20.1 Å². The molecule has 0 fully saturated rings. The van der Waals surface area contributed by atoms with Crippen LogP contribution in [0.25, 0.3) is 11.3 Å². The maximum absolute atomic E-state index is 13.6. The third kappa shape index (κ3) is 7.32. The van der Waals surface area contributed by atoms with Gasteiger partial charge in [0.05, 0.1) is 30.0 Å². The van der Waals surface area contributed by atoms with E-state index < -0.39 is 5.25 Å². The van der Waals surface area contributed by atoms with Crippen LogP contribution in [0.2, 0.25) is 10.0 Å². The molecular weight excluding hydrogens is 625 g/mol. The Balaban J connectivity index is 1.31. The van der Waals surface area contributed by atoms with Gasteiger partial charge in [0.2, 0.25) is 5.91 Å². The van der Waals surface area contributed by atoms with Gasteiger partial charge in [0.15, 0.2) is 5.13 Å². The van der Waals surface area contributed by atoms with Crippen molar-refractivity contribution in [2.45, 2.75) is 10.1 Å². The SMILES string of the molecule is COc1cccc(OC)c1C(=O)Nc1ccc(SC(C(=O)Nc2nc(-c3ccc(Cl)c(Cl)c3)cs2)c2ccccc2)cc1. The fourth-order valence-electron chi connectivity index (χ4n) is 4.21. The van der Waals surface area contributed by atoms with E-state index in [-0.39, 0.29) is 11.8 Å². The van der Waals surface area contributed by atoms with Crippen molar-refractivity contribution in [2.75, 3.05) is 24.9 Å². The van der Waals surface area contributed by atoms with Gasteiger partial charge in [0.1, 0.15) is 22.3 Å². The molecule has 0 aliphatic carbocycles. The molecule has 0 saturated heterocycles. The van der Waals surface area contributed by atoms with Crippen LogP contribution in [0.1, 0.15) is 21.2 Å². The number of methoxy groups -OCH3 is 2. The molecule has 0 radical (unpaired) electrons. The van der Waals surface area contributed by atoms with E-state index >= 15 is 0 Å². The summed E-state index contributed by atoms with van der Waals surface area (Å²) in [5, 5.41) is 8.51. The van der Waals surface area contributed by atoms with Gasteiger partial charge >= 0.3 is 0 Å². The summed E-state index contributed by atoms with van der Waals surface area (Å²) in [6.07, 6.45) is 0. The van der Waals surface area contributed by atoms with Crippen molar-refractivity contribution in [3.05, 3.63) is 118 Å². The zero-order valence-electron chi connectivity index (χ0n) is 23.0. The summed E-state index contributed by atoms with van der Waals surface area (Å²) in [7, 11) is 3.00. The minimum atomic E-state index is -0.559. The number of hydrogen-bond acceptors (Lipinski definition) is 7. The second-order valence-corrected chi connectivity index (χ2v) is 11.9. The van der Waals surface area contributed by atoms with Crippen molar-refractivity contribution in [2.24, 2.45) is 0 Å². The molecule has 1 unspecified atom stereocenters. The summed E-state index contributed by atoms with van der Waals surface area (Å²) in [6.45, 7) is 0. The molecule has 43 heavy (non-hydrogen) atoms. The first-order valence-electron chi connectivity index (χ1n) is 12.9. The maximum atomic E-state index is 13.6. The summed E-state index contributed by atoms with van der Waals surface area (Å²) in [4.78, 5) is 32.0. The molecule has 0 aliphatic heterocycles. The van der Waals surface area contributed by atoms with Crippen molar-refractivity contribution < 1.29 is 19.1 Å². The number of amides is 2. The second kappa shape index (κ2) is 14.0. The standard InChI is InChI=1S/C32H25Cl2N3O4S2/c1-40-26-9-6-10-27(41-2)28(26)30(38)35-21-12-14-22(15-13-21)43-29(19-7-4-3-5-8-19)31(39)37-32-36-25(18-42-32)20-11-16-23(33)24(34)17-20/h3-18,29H,1-2H3,(H,35,38)(H,36,37,39). The Bertz CT molecular complexity index is 1730. The number of anilines is 2. The Morgan fingerprint density at radius 1 is 0.837 bits per heavy atom. The van der Waals surface area contributed by atoms with Crippen LogP contribution >= 0.6 is 46.3 Å². The number of carbonyl (C=O) groups excluding carboxylic acids is 2. The lowest BCUT2D eigenvalue weighted by atomic mass is 10.1. The third-order valence-electron chi connectivity index (χ3n) is 6.31. The monoisotopic (exact) mass is 649 g/mol. The van der Waals surface area contributed by atoms with Crippen molar-refractivity contribution in [3.8, 4) is 22.8 Å². The number of nitrogens with zero attached hydrogens (tertiary/aromatic N) is 1. The van der Waals surface area contributed by atoms with Gasteiger partial charge in [-0.05, 0) is 54.1 Å². The van der Waals surface area contributed by atoms with E-state index in [4.69, 9.17) is 32.7 Å². The van der Waals surface area contributed by atoms with Crippen LogP contribution in [-0.4, -0.2) is 31.0 Å². The maximum Gasteiger partial charge on any atom is 0.263 e. The van der Waals surface area contributed by atoms with E-state index in [0.29, 0.717) is 43.6 Å². The zero-order chi connectivity index (χ0) is 30.3. The fraction of sp³-hybridized carbons (Fsp3) is 0.0938. The number of carbonyl (C=O) groups is 2. The van der Waals surface area contributed by atoms with E-state index in [1.807, 2.05) is 53.9 Å². The molecule has 1 heterocycles. The Labute approximate surface area is 267 Å². The summed E-state index contributed by atoms with van der Waals surface area (Å²) in [5.41, 5.74) is 3.21. The van der Waals surface area contributed by atoms with Gasteiger partial charge in [-0.2, -0.15) is 0 Å². The molecule has 0 spiro atoms. The Morgan fingerprint density at radius 3 is 2.19 bits per heavy atom. The molecule has 218 valence electrons. The first-order chi connectivity index (χ1) is 20.9. The minimum Gasteiger partial charge on any atom is -0.496 e. The number of rotatable bonds is 10. The first kappa shape index (κ1) is 30.4. The molecular formula is C32H25Cl2N3O4S2. The number of benzene rings is 4. The normalized spacial score (nSPS) is 11.4. The van der Waals surface area contributed by atoms with E-state index in [9.17, 15) is 9.59 Å². The van der Waals surface area contributed by atoms with Crippen LogP contribution in [0, 0.1) is 0 Å². The van der Waals surface area contributed by atoms with E-state index in [1.165, 1.54) is 37.3 Å². The largest absolute Gasteiger partial charge is 0.496 e. The molecule has 7 nitrogen and oxygen atoms in total. The highest BCUT2D eigenvalue weighted by Gasteiger charge is 2.24. The van der Waals surface area contributed by atoms with Gasteiger partial charge in [0, 0.05) is 21.5 Å². The van der Waals surface area contributed by atoms with Crippen molar-refractivity contribution in [1.29, 1.82) is 0 Å². The molecule has 0 aliphatic rings. The number of nitrogens with one attached hydrogen (secondary N) is 2. The third-order valence-corrected chi connectivity index (χ3v) is 9.07. The van der Waals surface area contributed by atoms with Crippen LogP contribution < -0.4 is 20.1 Å². The Kier molecular flexibility index (Phi) is 9.89. The molecule has 5 rings (SSSR count). The van der Waals surface area contributed by atoms with Crippen LogP contribution in [0.15, 0.2) is 101 Å². The van der Waals surface area contributed by atoms with Gasteiger partial charge in [-0.3, -0.25) is 9.59 Å². The number of aromatic nitrogens is 1. The average molecular weight is 651 g/mol. The quantitative estimate of drug-likeness (QED) is 0.147. The van der Waals surface area contributed by atoms with Crippen molar-refractivity contribution >= 4 is 68.9 Å². The number of thiazole rings is 1. The lowest BCUT2D eigenvalue weighted by Gasteiger charge is -2.17. The van der Waals surface area contributed by atoms with Gasteiger partial charge in [-0.15, -0.1) is 23.1 Å². The Morgan fingerprint density at radius 2 is 1.53 bits per heavy atom. The number of thioether (sulfide) groups is 1. The molecule has 4 aromatic carbocycles. The van der Waals surface area contributed by atoms with Crippen molar-refractivity contribution in [3.63, 3.8) is 0 Å². The molecule has 11 heteroatoms. The Hall–Kier alpha value is -4.02. The molecule has 0 bridgehead atoms. The molecule has 5 aromatic rings. The van der Waals surface area contributed by atoms with E-state index in [1.54, 1.807) is 42.5 Å². The predicted octanol–water partition coefficient (Wildman–Crippen LogP) is 8.86. The summed E-state index contributed by atoms with van der Waals surface area (Å²) in [5.74, 6) is 0.238. The fourth-order valence-corrected chi connectivity index (χ4v) is 6.26. The lowest BCUT2D eigenvalue weighted by Crippen LogP contribution is -2.19. The molecule has 0 saturated carbocycles. The molecule has 2 amide bonds. The molecule has 1 atom stereocenters. The van der Waals surface area contributed by atoms with E-state index in [2.05, 4.69) is 15.6 Å². The van der Waals surface area contributed by atoms with Gasteiger partial charge in [-0.25, -0.2) is 4.98 Å². The van der Waals surface area contributed by atoms with E-state index in [0.717, 1.165) is 16.0 Å². The topological polar surface area (TPSA) is 89.5 Å². The van der Waals surface area contributed by atoms with Crippen LogP contribution in [0.5, 0.6) is 11.5 Å². The van der Waals surface area contributed by atoms with Crippen molar-refractivity contribution in [1.82, 2.24) is 4.98 Å². The van der Waals surface area contributed by atoms with Gasteiger partial charge in [0.25, 0.3) is 5.91 Å². The highest BCUT2D eigenvalue weighted by atomic mass is 35.5. The smallest absolute Gasteiger partial charge is 0.263 e. The zero-order valence-corrected chi connectivity index (χ0v) is 26.1. The lowest BCUT2D eigenvalue weighted by molar-refractivity contribution is -0.115. The second-order valence-electron chi connectivity index (χ2n) is 9.08. The van der Waals surface area contributed by atoms with Crippen LogP contribution in [0.4, 0.5) is 10.8 Å². The summed E-state index contributed by atoms with van der Waals surface area (Å²) < 4.78 is 10.7. The minimum absolute atomic E-state index is 0.216. The first-order valence-corrected chi connectivity index (χ1v) is 15.4. The molecule has 2 N–H and O–H groups in total. The average Bonchev–Trinajstić information content (AvgIpc) is 3.50. The van der Waals surface area contributed by atoms with Crippen LogP contribution in [0.3, 0.4) is 0 Å². The predicted molar refractivity (Wildman–Crippen MR) is 175 cm³/mol. The number of hydrogen-bond donors (Lipinski definition) is 2. The summed E-state index contributed by atoms with van der Waals surface area (Å²) in [6, 6.07) is 27.2. The van der Waals surface area contributed by atoms with Gasteiger partial charge in [-0.1, -0.05) is 65.7 Å². The highest BCUT2D eigenvalue weighted by Crippen LogP contribution is 2.38. The number of ether oxygens (including phenoxy) is 2. The summed E-state index contributed by atoms with van der Waals surface area (Å²) >= 11 is 14.9. The highest BCUT2D eigenvalue weighted by molar-refractivity contribution is 8.00. The molecule has 1 aromatic heterocycles. The number of halogens is 2.